The molecule has 2 nitrogen and oxygen atoms in total. The van der Waals surface area contributed by atoms with E-state index in [1.807, 2.05) is 12.3 Å². The van der Waals surface area contributed by atoms with Crippen LogP contribution in [0.4, 0.5) is 0 Å². The molecule has 0 aromatic heterocycles. The van der Waals surface area contributed by atoms with Crippen molar-refractivity contribution in [1.82, 2.24) is 0 Å². The van der Waals surface area contributed by atoms with Crippen LogP contribution in [0, 0.1) is 5.92 Å². The zero-order valence-electron chi connectivity index (χ0n) is 17.1. The maximum Gasteiger partial charge on any atom is 0.0568 e. The van der Waals surface area contributed by atoms with Crippen LogP contribution in [-0.4, -0.2) is 12.4 Å². The minimum absolute atomic E-state index is 0.737. The van der Waals surface area contributed by atoms with Crippen LogP contribution >= 0.6 is 0 Å². The summed E-state index contributed by atoms with van der Waals surface area (Å²) < 4.78 is 0. The van der Waals surface area contributed by atoms with Gasteiger partial charge in [0.25, 0.3) is 0 Å². The molecule has 28 heavy (non-hydrogen) atoms. The molecule has 0 spiro atoms. The molecule has 1 saturated carbocycles. The summed E-state index contributed by atoms with van der Waals surface area (Å²) in [4.78, 5) is 0. The number of allylic oxidation sites excluding steroid dienone is 1. The van der Waals surface area contributed by atoms with E-state index >= 15 is 0 Å². The molecule has 2 aromatic rings. The summed E-state index contributed by atoms with van der Waals surface area (Å²) in [6.07, 6.45) is 14.4. The Morgan fingerprint density at radius 3 is 1.96 bits per heavy atom. The summed E-state index contributed by atoms with van der Waals surface area (Å²) in [6.45, 7) is 6.09. The summed E-state index contributed by atoms with van der Waals surface area (Å²) in [5.41, 5.74) is 4.97. The van der Waals surface area contributed by atoms with Gasteiger partial charge in [0.15, 0.2) is 0 Å². The van der Waals surface area contributed by atoms with Crippen LogP contribution in [0.1, 0.15) is 73.6 Å². The maximum atomic E-state index is 4.20. The molecule has 1 fully saturated rings. The molecule has 0 bridgehead atoms. The van der Waals surface area contributed by atoms with Crippen LogP contribution in [0.5, 0.6) is 0 Å². The molecular weight excluding hydrogens is 340 g/mol. The maximum absolute atomic E-state index is 4.20. The van der Waals surface area contributed by atoms with Crippen LogP contribution in [0.3, 0.4) is 0 Å². The Labute approximate surface area is 170 Å². The normalized spacial score (nSPS) is 20.0. The lowest BCUT2D eigenvalue weighted by atomic mass is 9.78. The van der Waals surface area contributed by atoms with Gasteiger partial charge in [0, 0.05) is 0 Å². The van der Waals surface area contributed by atoms with E-state index in [0.29, 0.717) is 0 Å². The Morgan fingerprint density at radius 1 is 0.857 bits per heavy atom. The van der Waals surface area contributed by atoms with Gasteiger partial charge in [0.2, 0.25) is 0 Å². The largest absolute Gasteiger partial charge is 0.159 e. The van der Waals surface area contributed by atoms with Gasteiger partial charge in [-0.25, -0.2) is 0 Å². The molecule has 0 atom stereocenters. The molecule has 0 radical (unpaired) electrons. The Bertz CT molecular complexity index is 776. The predicted octanol–water partition coefficient (Wildman–Crippen LogP) is 6.94. The van der Waals surface area contributed by atoms with Crippen molar-refractivity contribution < 1.29 is 0 Å². The van der Waals surface area contributed by atoms with Crippen LogP contribution in [0.2, 0.25) is 0 Å². The first kappa shape index (κ1) is 20.3. The van der Waals surface area contributed by atoms with Crippen molar-refractivity contribution in [3.63, 3.8) is 0 Å². The fourth-order valence-electron chi connectivity index (χ4n) is 4.00. The Balaban J connectivity index is 1.50. The van der Waals surface area contributed by atoms with Crippen LogP contribution < -0.4 is 0 Å². The van der Waals surface area contributed by atoms with Gasteiger partial charge in [0.05, 0.1) is 12.4 Å². The van der Waals surface area contributed by atoms with Crippen molar-refractivity contribution in [1.29, 1.82) is 0 Å². The summed E-state index contributed by atoms with van der Waals surface area (Å²) in [5.74, 6) is 1.69. The van der Waals surface area contributed by atoms with Gasteiger partial charge in [-0.05, 0) is 72.6 Å². The second-order valence-electron chi connectivity index (χ2n) is 7.85. The topological polar surface area (TPSA) is 24.7 Å². The lowest BCUT2D eigenvalue weighted by Crippen LogP contribution is -2.12. The molecule has 2 aromatic carbocycles. The van der Waals surface area contributed by atoms with E-state index in [1.54, 1.807) is 6.21 Å². The van der Waals surface area contributed by atoms with Crippen molar-refractivity contribution in [2.24, 2.45) is 16.1 Å². The van der Waals surface area contributed by atoms with Crippen molar-refractivity contribution in [3.05, 3.63) is 83.4 Å². The third kappa shape index (κ3) is 6.02. The average molecular weight is 373 g/mol. The quantitative estimate of drug-likeness (QED) is 0.272. The zero-order valence-corrected chi connectivity index (χ0v) is 17.1. The lowest BCUT2D eigenvalue weighted by Gasteiger charge is -2.28. The number of aryl methyl sites for hydroxylation is 1. The van der Waals surface area contributed by atoms with E-state index in [9.17, 15) is 0 Å². The highest BCUT2D eigenvalue weighted by atomic mass is 15.2. The van der Waals surface area contributed by atoms with Crippen LogP contribution in [0.15, 0.2) is 71.4 Å². The van der Waals surface area contributed by atoms with E-state index in [2.05, 4.69) is 72.2 Å². The molecule has 0 amide bonds. The Kier molecular flexibility index (Phi) is 7.78. The van der Waals surface area contributed by atoms with Gasteiger partial charge in [-0.2, -0.15) is 10.2 Å². The highest BCUT2D eigenvalue weighted by molar-refractivity contribution is 5.82. The number of hydrogen-bond acceptors (Lipinski definition) is 2. The number of rotatable bonds is 8. The number of benzene rings is 2. The third-order valence-electron chi connectivity index (χ3n) is 5.93. The van der Waals surface area contributed by atoms with Crippen molar-refractivity contribution in [2.45, 2.75) is 57.8 Å². The van der Waals surface area contributed by atoms with Crippen molar-refractivity contribution in [2.75, 3.05) is 0 Å². The van der Waals surface area contributed by atoms with Gasteiger partial charge in [-0.1, -0.05) is 68.0 Å². The van der Waals surface area contributed by atoms with Crippen molar-refractivity contribution in [3.8, 4) is 0 Å². The summed E-state index contributed by atoms with van der Waals surface area (Å²) in [6, 6.07) is 17.3. The second kappa shape index (κ2) is 10.8. The van der Waals surface area contributed by atoms with E-state index < -0.39 is 0 Å². The van der Waals surface area contributed by atoms with Crippen LogP contribution in [0.25, 0.3) is 0 Å². The number of hydrogen-bond donors (Lipinski definition) is 0. The smallest absolute Gasteiger partial charge is 0.0568 e. The number of nitrogens with zero attached hydrogens (tertiary/aromatic N) is 2. The molecule has 1 aliphatic rings. The molecule has 2 heteroatoms. The summed E-state index contributed by atoms with van der Waals surface area (Å²) >= 11 is 0. The van der Waals surface area contributed by atoms with Crippen molar-refractivity contribution >= 4 is 12.4 Å². The predicted molar refractivity (Wildman–Crippen MR) is 122 cm³/mol. The van der Waals surface area contributed by atoms with Gasteiger partial charge in [-0.3, -0.25) is 0 Å². The van der Waals surface area contributed by atoms with E-state index in [0.717, 1.165) is 35.8 Å². The first-order chi connectivity index (χ1) is 13.8. The van der Waals surface area contributed by atoms with Gasteiger partial charge < -0.3 is 0 Å². The Hall–Kier alpha value is -2.48. The molecule has 0 saturated heterocycles. The van der Waals surface area contributed by atoms with E-state index in [1.165, 1.54) is 43.2 Å². The summed E-state index contributed by atoms with van der Waals surface area (Å²) in [7, 11) is 0. The highest BCUT2D eigenvalue weighted by Crippen LogP contribution is 2.36. The van der Waals surface area contributed by atoms with Gasteiger partial charge in [-0.15, -0.1) is 6.58 Å². The third-order valence-corrected chi connectivity index (χ3v) is 5.93. The lowest BCUT2D eigenvalue weighted by molar-refractivity contribution is 0.319. The molecule has 0 heterocycles. The van der Waals surface area contributed by atoms with E-state index in [4.69, 9.17) is 0 Å². The monoisotopic (exact) mass is 372 g/mol. The highest BCUT2D eigenvalue weighted by Gasteiger charge is 2.20. The molecule has 0 N–H and O–H groups in total. The fourth-order valence-corrected chi connectivity index (χ4v) is 4.00. The van der Waals surface area contributed by atoms with E-state index in [-0.39, 0.29) is 0 Å². The molecule has 0 unspecified atom stereocenters. The molecule has 1 aliphatic carbocycles. The molecule has 146 valence electrons. The second-order valence-corrected chi connectivity index (χ2v) is 7.85. The zero-order chi connectivity index (χ0) is 19.6. The fraction of sp³-hybridized carbons (Fsp3) is 0.385. The van der Waals surface area contributed by atoms with Gasteiger partial charge in [0.1, 0.15) is 0 Å². The first-order valence-corrected chi connectivity index (χ1v) is 10.6. The standard InChI is InChI=1S/C26H32N2/c1-3-5-6-22-7-9-23(10-8-22)19-27-28-20-24-13-17-26(18-14-24)25-15-11-21(4-2)12-16-25/h3,7-10,13-14,17-21,25H,1,4-6,11-12,15-16H2,2H3. The average Bonchev–Trinajstić information content (AvgIpc) is 2.76. The SMILES string of the molecule is C=CCCc1ccc(C=NN=Cc2ccc(C3CCC(CC)CC3)cc2)cc1. The first-order valence-electron chi connectivity index (χ1n) is 10.6. The van der Waals surface area contributed by atoms with Crippen LogP contribution in [-0.2, 0) is 6.42 Å². The minimum atomic E-state index is 0.737. The molecular formula is C26H32N2. The Morgan fingerprint density at radius 2 is 1.43 bits per heavy atom. The summed E-state index contributed by atoms with van der Waals surface area (Å²) in [5, 5.41) is 8.39. The molecule has 0 aliphatic heterocycles. The minimum Gasteiger partial charge on any atom is -0.159 e. The molecule has 3 rings (SSSR count). The van der Waals surface area contributed by atoms with Gasteiger partial charge >= 0.3 is 0 Å².